The standard InChI is InChI=1S/C20H22ClFN2O2S/c1-13(9-10-27-2)23-20(26)16-8-7-14(11-18(16)22)24-19(12-25)15-5-3-4-6-17(15)21/h3-11,13,19,24-25H,12H2,1-2H3,(H,23,26)/b10-9+/t13-,19?/m1/s1. The van der Waals surface area contributed by atoms with E-state index in [0.717, 1.165) is 0 Å². The van der Waals surface area contributed by atoms with Crippen LogP contribution in [0.25, 0.3) is 0 Å². The molecule has 4 nitrogen and oxygen atoms in total. The average Bonchev–Trinajstić information content (AvgIpc) is 2.65. The van der Waals surface area contributed by atoms with Gasteiger partial charge < -0.3 is 15.7 Å². The summed E-state index contributed by atoms with van der Waals surface area (Å²) in [6.07, 6.45) is 3.74. The number of aliphatic hydroxyl groups excluding tert-OH is 1. The zero-order valence-electron chi connectivity index (χ0n) is 15.1. The third-order valence-electron chi connectivity index (χ3n) is 3.88. The SMILES string of the molecule is CS/C=C/[C@@H](C)NC(=O)c1ccc(NC(CO)c2ccccc2Cl)cc1F. The first-order valence-corrected chi connectivity index (χ1v) is 10.0. The first-order chi connectivity index (χ1) is 13.0. The number of benzene rings is 2. The van der Waals surface area contributed by atoms with Crippen molar-refractivity contribution in [2.45, 2.75) is 19.0 Å². The molecule has 0 saturated heterocycles. The van der Waals surface area contributed by atoms with Crippen LogP contribution in [0.2, 0.25) is 5.02 Å². The van der Waals surface area contributed by atoms with Crippen molar-refractivity contribution in [1.82, 2.24) is 5.32 Å². The van der Waals surface area contributed by atoms with Gasteiger partial charge in [-0.25, -0.2) is 4.39 Å². The highest BCUT2D eigenvalue weighted by molar-refractivity contribution is 8.01. The number of anilines is 1. The number of rotatable bonds is 8. The van der Waals surface area contributed by atoms with Gasteiger partial charge in [-0.15, -0.1) is 11.8 Å². The van der Waals surface area contributed by atoms with Gasteiger partial charge in [-0.1, -0.05) is 35.9 Å². The van der Waals surface area contributed by atoms with Gasteiger partial charge in [0.2, 0.25) is 0 Å². The fraction of sp³-hybridized carbons (Fsp3) is 0.250. The summed E-state index contributed by atoms with van der Waals surface area (Å²) in [4.78, 5) is 12.2. The fourth-order valence-electron chi connectivity index (χ4n) is 2.50. The summed E-state index contributed by atoms with van der Waals surface area (Å²) < 4.78 is 14.4. The average molecular weight is 409 g/mol. The van der Waals surface area contributed by atoms with E-state index in [1.807, 2.05) is 30.7 Å². The maximum Gasteiger partial charge on any atom is 0.254 e. The van der Waals surface area contributed by atoms with E-state index in [0.29, 0.717) is 16.3 Å². The van der Waals surface area contributed by atoms with Crippen molar-refractivity contribution >= 4 is 35.0 Å². The van der Waals surface area contributed by atoms with Crippen molar-refractivity contribution in [3.63, 3.8) is 0 Å². The molecule has 2 atom stereocenters. The molecule has 0 heterocycles. The summed E-state index contributed by atoms with van der Waals surface area (Å²) in [6.45, 7) is 1.60. The van der Waals surface area contributed by atoms with Crippen LogP contribution in [-0.4, -0.2) is 29.9 Å². The zero-order chi connectivity index (χ0) is 19.8. The Balaban J connectivity index is 2.12. The Morgan fingerprint density at radius 1 is 1.33 bits per heavy atom. The number of nitrogens with one attached hydrogen (secondary N) is 2. The highest BCUT2D eigenvalue weighted by Crippen LogP contribution is 2.26. The van der Waals surface area contributed by atoms with Crippen molar-refractivity contribution in [2.75, 3.05) is 18.2 Å². The first kappa shape index (κ1) is 21.3. The third-order valence-corrected chi connectivity index (χ3v) is 4.65. The van der Waals surface area contributed by atoms with Crippen LogP contribution in [0, 0.1) is 5.82 Å². The molecule has 3 N–H and O–H groups in total. The lowest BCUT2D eigenvalue weighted by Gasteiger charge is -2.19. The topological polar surface area (TPSA) is 61.4 Å². The maximum atomic E-state index is 14.4. The second-order valence-electron chi connectivity index (χ2n) is 5.92. The largest absolute Gasteiger partial charge is 0.394 e. The summed E-state index contributed by atoms with van der Waals surface area (Å²) in [5.74, 6) is -1.13. The molecule has 0 aliphatic carbocycles. The van der Waals surface area contributed by atoms with Crippen LogP contribution in [-0.2, 0) is 0 Å². The minimum Gasteiger partial charge on any atom is -0.394 e. The van der Waals surface area contributed by atoms with Crippen molar-refractivity contribution in [3.05, 3.63) is 75.9 Å². The number of carbonyl (C=O) groups is 1. The monoisotopic (exact) mass is 408 g/mol. The number of hydrogen-bond acceptors (Lipinski definition) is 4. The van der Waals surface area contributed by atoms with Crippen molar-refractivity contribution in [1.29, 1.82) is 0 Å². The van der Waals surface area contributed by atoms with E-state index in [1.54, 1.807) is 24.3 Å². The number of thioether (sulfide) groups is 1. The number of halogens is 2. The lowest BCUT2D eigenvalue weighted by Crippen LogP contribution is -2.31. The highest BCUT2D eigenvalue weighted by atomic mass is 35.5. The van der Waals surface area contributed by atoms with Crippen LogP contribution in [0.3, 0.4) is 0 Å². The van der Waals surface area contributed by atoms with Crippen LogP contribution in [0.1, 0.15) is 28.9 Å². The highest BCUT2D eigenvalue weighted by Gasteiger charge is 2.17. The molecule has 0 fully saturated rings. The predicted molar refractivity (Wildman–Crippen MR) is 111 cm³/mol. The molecular formula is C20H22ClFN2O2S. The van der Waals surface area contributed by atoms with E-state index >= 15 is 0 Å². The summed E-state index contributed by atoms with van der Waals surface area (Å²) in [6, 6.07) is 10.7. The predicted octanol–water partition coefficient (Wildman–Crippen LogP) is 4.62. The number of amides is 1. The van der Waals surface area contributed by atoms with E-state index in [2.05, 4.69) is 10.6 Å². The van der Waals surface area contributed by atoms with E-state index in [4.69, 9.17) is 11.6 Å². The van der Waals surface area contributed by atoms with Gasteiger partial charge in [-0.2, -0.15) is 0 Å². The van der Waals surface area contributed by atoms with E-state index in [-0.39, 0.29) is 18.2 Å². The van der Waals surface area contributed by atoms with E-state index in [1.165, 1.54) is 23.9 Å². The number of hydrogen-bond donors (Lipinski definition) is 3. The van der Waals surface area contributed by atoms with Gasteiger partial charge in [-0.3, -0.25) is 4.79 Å². The van der Waals surface area contributed by atoms with Crippen molar-refractivity contribution in [3.8, 4) is 0 Å². The Hall–Kier alpha value is -2.02. The second-order valence-corrected chi connectivity index (χ2v) is 7.07. The molecule has 0 spiro atoms. The minimum absolute atomic E-state index is 0.0387. The minimum atomic E-state index is -0.644. The van der Waals surface area contributed by atoms with Crippen LogP contribution in [0.15, 0.2) is 53.9 Å². The Labute approximate surface area is 167 Å². The van der Waals surface area contributed by atoms with Gasteiger partial charge in [-0.05, 0) is 48.4 Å². The molecule has 1 unspecified atom stereocenters. The maximum absolute atomic E-state index is 14.4. The Morgan fingerprint density at radius 3 is 2.70 bits per heavy atom. The number of carbonyl (C=O) groups excluding carboxylic acids is 1. The molecular weight excluding hydrogens is 387 g/mol. The van der Waals surface area contributed by atoms with Crippen LogP contribution in [0.5, 0.6) is 0 Å². The Bertz CT molecular complexity index is 816. The fourth-order valence-corrected chi connectivity index (χ4v) is 3.16. The molecule has 2 aromatic carbocycles. The van der Waals surface area contributed by atoms with Gasteiger partial charge in [0, 0.05) is 16.8 Å². The summed E-state index contributed by atoms with van der Waals surface area (Å²) in [7, 11) is 0. The van der Waals surface area contributed by atoms with Crippen LogP contribution in [0.4, 0.5) is 10.1 Å². The molecule has 27 heavy (non-hydrogen) atoms. The van der Waals surface area contributed by atoms with E-state index in [9.17, 15) is 14.3 Å². The van der Waals surface area contributed by atoms with Gasteiger partial charge in [0.25, 0.3) is 5.91 Å². The summed E-state index contributed by atoms with van der Waals surface area (Å²) >= 11 is 7.68. The Kier molecular flexibility index (Phi) is 8.16. The molecule has 0 saturated carbocycles. The summed E-state index contributed by atoms with van der Waals surface area (Å²) in [5.41, 5.74) is 1.11. The lowest BCUT2D eigenvalue weighted by molar-refractivity contribution is 0.0943. The lowest BCUT2D eigenvalue weighted by atomic mass is 10.1. The number of aliphatic hydroxyl groups is 1. The zero-order valence-corrected chi connectivity index (χ0v) is 16.7. The van der Waals surface area contributed by atoms with Crippen LogP contribution < -0.4 is 10.6 Å². The molecule has 0 aromatic heterocycles. The van der Waals surface area contributed by atoms with Gasteiger partial charge in [0.1, 0.15) is 5.82 Å². The first-order valence-electron chi connectivity index (χ1n) is 8.38. The van der Waals surface area contributed by atoms with Gasteiger partial charge in [0.15, 0.2) is 0 Å². The molecule has 144 valence electrons. The molecule has 0 bridgehead atoms. The van der Waals surface area contributed by atoms with Gasteiger partial charge >= 0.3 is 0 Å². The molecule has 2 aromatic rings. The normalized spacial score (nSPS) is 13.4. The smallest absolute Gasteiger partial charge is 0.254 e. The molecule has 1 amide bonds. The third kappa shape index (κ3) is 5.99. The van der Waals surface area contributed by atoms with E-state index < -0.39 is 17.8 Å². The van der Waals surface area contributed by atoms with Crippen LogP contribution >= 0.6 is 23.4 Å². The molecule has 0 aliphatic heterocycles. The quantitative estimate of drug-likeness (QED) is 0.596. The van der Waals surface area contributed by atoms with Crippen molar-refractivity contribution in [2.24, 2.45) is 0 Å². The molecule has 0 radical (unpaired) electrons. The Morgan fingerprint density at radius 2 is 2.07 bits per heavy atom. The van der Waals surface area contributed by atoms with Gasteiger partial charge in [0.05, 0.1) is 18.2 Å². The molecule has 2 rings (SSSR count). The molecule has 0 aliphatic rings. The summed E-state index contributed by atoms with van der Waals surface area (Å²) in [5, 5.41) is 17.8. The molecule has 7 heteroatoms. The second kappa shape index (κ2) is 10.3. The van der Waals surface area contributed by atoms with Crippen molar-refractivity contribution < 1.29 is 14.3 Å².